The standard InChI is InChI=1S/C21H30N4O3/c1-3-22-21(27)25-16-9-8-15(14-16)19(25)20(26)24-12-10-23(11-13-24)17-6-4-5-7-18(17)28-2/h4-7,15-16,19H,3,8-14H2,1-2H3,(H,22,27)/t15-,16-,19+/m0/s1. The smallest absolute Gasteiger partial charge is 0.318 e. The number of likely N-dealkylation sites (tertiary alicyclic amines) is 1. The lowest BCUT2D eigenvalue weighted by Crippen LogP contribution is -2.59. The van der Waals surface area contributed by atoms with Crippen molar-refractivity contribution < 1.29 is 14.3 Å². The van der Waals surface area contributed by atoms with Crippen molar-refractivity contribution in [1.29, 1.82) is 0 Å². The zero-order valence-corrected chi connectivity index (χ0v) is 16.8. The molecule has 1 aromatic rings. The Morgan fingerprint density at radius 2 is 1.89 bits per heavy atom. The minimum atomic E-state index is -0.289. The molecule has 3 fully saturated rings. The first-order chi connectivity index (χ1) is 13.6. The molecule has 2 aliphatic heterocycles. The second kappa shape index (κ2) is 7.89. The number of ether oxygens (including phenoxy) is 1. The maximum atomic E-state index is 13.3. The fourth-order valence-corrected chi connectivity index (χ4v) is 5.09. The minimum Gasteiger partial charge on any atom is -0.495 e. The van der Waals surface area contributed by atoms with Crippen molar-refractivity contribution in [2.75, 3.05) is 44.7 Å². The van der Waals surface area contributed by atoms with E-state index in [0.717, 1.165) is 43.8 Å². The van der Waals surface area contributed by atoms with Gasteiger partial charge in [-0.2, -0.15) is 0 Å². The van der Waals surface area contributed by atoms with Crippen LogP contribution in [0.4, 0.5) is 10.5 Å². The summed E-state index contributed by atoms with van der Waals surface area (Å²) in [6, 6.07) is 7.85. The quantitative estimate of drug-likeness (QED) is 0.859. The molecule has 3 atom stereocenters. The average molecular weight is 386 g/mol. The van der Waals surface area contributed by atoms with Crippen molar-refractivity contribution in [3.63, 3.8) is 0 Å². The van der Waals surface area contributed by atoms with Crippen molar-refractivity contribution in [3.8, 4) is 5.75 Å². The Balaban J connectivity index is 1.43. The molecule has 1 aromatic carbocycles. The van der Waals surface area contributed by atoms with Crippen LogP contribution in [0.2, 0.25) is 0 Å². The van der Waals surface area contributed by atoms with E-state index in [1.165, 1.54) is 0 Å². The molecule has 7 nitrogen and oxygen atoms in total. The van der Waals surface area contributed by atoms with E-state index in [2.05, 4.69) is 16.3 Å². The number of amides is 3. The predicted octanol–water partition coefficient (Wildman–Crippen LogP) is 1.93. The molecule has 2 heterocycles. The molecule has 0 spiro atoms. The van der Waals surface area contributed by atoms with Gasteiger partial charge in [-0.05, 0) is 44.2 Å². The number of methoxy groups -OCH3 is 1. The normalized spacial score (nSPS) is 26.5. The van der Waals surface area contributed by atoms with E-state index in [9.17, 15) is 9.59 Å². The molecule has 152 valence electrons. The van der Waals surface area contributed by atoms with Crippen LogP contribution >= 0.6 is 0 Å². The Kier molecular flexibility index (Phi) is 5.33. The third-order valence-corrected chi connectivity index (χ3v) is 6.42. The lowest BCUT2D eigenvalue weighted by molar-refractivity contribution is -0.137. The molecule has 1 aliphatic carbocycles. The van der Waals surface area contributed by atoms with Gasteiger partial charge in [0.1, 0.15) is 11.8 Å². The number of carbonyl (C=O) groups excluding carboxylic acids is 2. The number of benzene rings is 1. The first-order valence-corrected chi connectivity index (χ1v) is 10.4. The van der Waals surface area contributed by atoms with Crippen LogP contribution in [0.1, 0.15) is 26.2 Å². The van der Waals surface area contributed by atoms with Gasteiger partial charge in [-0.3, -0.25) is 4.79 Å². The number of fused-ring (bicyclic) bond motifs is 2. The number of nitrogens with one attached hydrogen (secondary N) is 1. The SMILES string of the molecule is CCNC(=O)N1[C@H]2CC[C@@H](C2)[C@@H]1C(=O)N1CCN(c2ccccc2OC)CC1. The number of piperidine rings is 1. The van der Waals surface area contributed by atoms with Gasteiger partial charge in [-0.15, -0.1) is 0 Å². The van der Waals surface area contributed by atoms with Gasteiger partial charge >= 0.3 is 6.03 Å². The van der Waals surface area contributed by atoms with Crippen LogP contribution in [0.25, 0.3) is 0 Å². The minimum absolute atomic E-state index is 0.0827. The van der Waals surface area contributed by atoms with Crippen LogP contribution in [-0.4, -0.2) is 73.7 Å². The number of piperazine rings is 1. The van der Waals surface area contributed by atoms with Crippen molar-refractivity contribution in [3.05, 3.63) is 24.3 Å². The largest absolute Gasteiger partial charge is 0.495 e. The third kappa shape index (κ3) is 3.27. The van der Waals surface area contributed by atoms with Crippen molar-refractivity contribution in [2.24, 2.45) is 5.92 Å². The summed E-state index contributed by atoms with van der Waals surface area (Å²) in [6.45, 7) is 5.40. The molecule has 3 aliphatic rings. The van der Waals surface area contributed by atoms with Gasteiger partial charge in [0, 0.05) is 38.8 Å². The van der Waals surface area contributed by atoms with Crippen LogP contribution in [-0.2, 0) is 4.79 Å². The predicted molar refractivity (Wildman–Crippen MR) is 108 cm³/mol. The van der Waals surface area contributed by atoms with Crippen molar-refractivity contribution in [1.82, 2.24) is 15.1 Å². The topological polar surface area (TPSA) is 65.1 Å². The number of para-hydroxylation sites is 2. The molecule has 2 saturated heterocycles. The molecule has 3 amide bonds. The highest BCUT2D eigenvalue weighted by Gasteiger charge is 2.52. The lowest BCUT2D eigenvalue weighted by atomic mass is 9.97. The molecule has 2 bridgehead atoms. The number of carbonyl (C=O) groups is 2. The maximum Gasteiger partial charge on any atom is 0.318 e. The summed E-state index contributed by atoms with van der Waals surface area (Å²) < 4.78 is 5.48. The van der Waals surface area contributed by atoms with Crippen molar-refractivity contribution in [2.45, 2.75) is 38.3 Å². The van der Waals surface area contributed by atoms with Gasteiger partial charge in [0.2, 0.25) is 5.91 Å². The molecule has 7 heteroatoms. The van der Waals surface area contributed by atoms with Crippen LogP contribution in [0, 0.1) is 5.92 Å². The summed E-state index contributed by atoms with van der Waals surface area (Å²) in [4.78, 5) is 32.0. The molecule has 4 rings (SSSR count). The maximum absolute atomic E-state index is 13.3. The van der Waals surface area contributed by atoms with Gasteiger partial charge in [-0.25, -0.2) is 4.79 Å². The summed E-state index contributed by atoms with van der Waals surface area (Å²) in [5, 5.41) is 2.90. The van der Waals surface area contributed by atoms with E-state index in [0.29, 0.717) is 25.6 Å². The Morgan fingerprint density at radius 3 is 2.61 bits per heavy atom. The van der Waals surface area contributed by atoms with Gasteiger partial charge in [0.15, 0.2) is 0 Å². The zero-order valence-electron chi connectivity index (χ0n) is 16.8. The lowest BCUT2D eigenvalue weighted by Gasteiger charge is -2.41. The molecule has 1 N–H and O–H groups in total. The molecule has 0 unspecified atom stereocenters. The number of hydrogen-bond acceptors (Lipinski definition) is 4. The Hall–Kier alpha value is -2.44. The van der Waals surface area contributed by atoms with E-state index in [-0.39, 0.29) is 24.0 Å². The Morgan fingerprint density at radius 1 is 1.14 bits per heavy atom. The van der Waals surface area contributed by atoms with E-state index in [1.54, 1.807) is 7.11 Å². The fraction of sp³-hybridized carbons (Fsp3) is 0.619. The zero-order chi connectivity index (χ0) is 19.7. The number of rotatable bonds is 4. The Labute approximate surface area is 166 Å². The highest BCUT2D eigenvalue weighted by molar-refractivity contribution is 5.89. The third-order valence-electron chi connectivity index (χ3n) is 6.42. The average Bonchev–Trinajstić information content (AvgIpc) is 3.35. The van der Waals surface area contributed by atoms with Gasteiger partial charge < -0.3 is 24.8 Å². The van der Waals surface area contributed by atoms with E-state index in [1.807, 2.05) is 34.9 Å². The van der Waals surface area contributed by atoms with E-state index in [4.69, 9.17) is 4.74 Å². The molecule has 28 heavy (non-hydrogen) atoms. The number of urea groups is 1. The van der Waals surface area contributed by atoms with Crippen LogP contribution < -0.4 is 15.0 Å². The monoisotopic (exact) mass is 386 g/mol. The fourth-order valence-electron chi connectivity index (χ4n) is 5.09. The highest BCUT2D eigenvalue weighted by Crippen LogP contribution is 2.43. The molecular formula is C21H30N4O3. The van der Waals surface area contributed by atoms with E-state index >= 15 is 0 Å². The number of nitrogens with zero attached hydrogens (tertiary/aromatic N) is 3. The Bertz CT molecular complexity index is 732. The van der Waals surface area contributed by atoms with Crippen LogP contribution in [0.15, 0.2) is 24.3 Å². The molecule has 1 saturated carbocycles. The first kappa shape index (κ1) is 18.9. The first-order valence-electron chi connectivity index (χ1n) is 10.4. The number of hydrogen-bond donors (Lipinski definition) is 1. The second-order valence-corrected chi connectivity index (χ2v) is 7.90. The summed E-state index contributed by atoms with van der Waals surface area (Å²) in [6.07, 6.45) is 3.04. The highest BCUT2D eigenvalue weighted by atomic mass is 16.5. The van der Waals surface area contributed by atoms with Gasteiger partial charge in [-0.1, -0.05) is 12.1 Å². The van der Waals surface area contributed by atoms with Crippen molar-refractivity contribution >= 4 is 17.6 Å². The summed E-state index contributed by atoms with van der Waals surface area (Å²) in [5.74, 6) is 1.29. The second-order valence-electron chi connectivity index (χ2n) is 7.90. The van der Waals surface area contributed by atoms with Gasteiger partial charge in [0.05, 0.1) is 12.8 Å². The molecule has 0 radical (unpaired) electrons. The number of anilines is 1. The molecular weight excluding hydrogens is 356 g/mol. The van der Waals surface area contributed by atoms with E-state index < -0.39 is 0 Å². The van der Waals surface area contributed by atoms with Crippen LogP contribution in [0.5, 0.6) is 5.75 Å². The molecule has 0 aromatic heterocycles. The van der Waals surface area contributed by atoms with Gasteiger partial charge in [0.25, 0.3) is 0 Å². The van der Waals surface area contributed by atoms with Crippen LogP contribution in [0.3, 0.4) is 0 Å². The summed E-state index contributed by atoms with van der Waals surface area (Å²) in [5.41, 5.74) is 1.07. The summed E-state index contributed by atoms with van der Waals surface area (Å²) >= 11 is 0. The summed E-state index contributed by atoms with van der Waals surface area (Å²) in [7, 11) is 1.68.